The fourth-order valence-electron chi connectivity index (χ4n) is 3.54. The third-order valence-electron chi connectivity index (χ3n) is 4.74. The predicted octanol–water partition coefficient (Wildman–Crippen LogP) is 3.77. The summed E-state index contributed by atoms with van der Waals surface area (Å²) in [4.78, 5) is 34.8. The first-order chi connectivity index (χ1) is 14.0. The van der Waals surface area contributed by atoms with Crippen LogP contribution in [0.4, 0.5) is 23.0 Å². The molecule has 146 valence electrons. The highest BCUT2D eigenvalue weighted by molar-refractivity contribution is 6.06. The second-order valence-electron chi connectivity index (χ2n) is 7.01. The minimum absolute atomic E-state index is 0.0700. The first-order valence-corrected chi connectivity index (χ1v) is 9.40. The predicted molar refractivity (Wildman–Crippen MR) is 112 cm³/mol. The lowest BCUT2D eigenvalue weighted by Crippen LogP contribution is -2.36. The van der Waals surface area contributed by atoms with Crippen LogP contribution in [0, 0.1) is 0 Å². The molecule has 0 saturated heterocycles. The van der Waals surface area contributed by atoms with Crippen LogP contribution in [0.15, 0.2) is 60.8 Å². The molecule has 0 bridgehead atoms. The van der Waals surface area contributed by atoms with Crippen molar-refractivity contribution in [2.24, 2.45) is 0 Å². The van der Waals surface area contributed by atoms with Gasteiger partial charge in [0.05, 0.1) is 0 Å². The van der Waals surface area contributed by atoms with E-state index in [0.29, 0.717) is 23.0 Å². The normalized spacial score (nSPS) is 15.0. The van der Waals surface area contributed by atoms with Gasteiger partial charge in [0.15, 0.2) is 0 Å². The van der Waals surface area contributed by atoms with E-state index in [1.54, 1.807) is 29.3 Å². The van der Waals surface area contributed by atoms with Crippen LogP contribution in [0.5, 0.6) is 0 Å². The number of benzene rings is 2. The van der Waals surface area contributed by atoms with E-state index in [1.165, 1.54) is 6.92 Å². The summed E-state index contributed by atoms with van der Waals surface area (Å²) in [5.41, 5.74) is 3.79. The maximum atomic E-state index is 13.2. The van der Waals surface area contributed by atoms with Crippen LogP contribution in [0.3, 0.4) is 0 Å². The van der Waals surface area contributed by atoms with Crippen LogP contribution in [0.25, 0.3) is 0 Å². The zero-order valence-electron chi connectivity index (χ0n) is 16.2. The van der Waals surface area contributed by atoms with Crippen LogP contribution < -0.4 is 15.5 Å². The van der Waals surface area contributed by atoms with Crippen molar-refractivity contribution < 1.29 is 9.59 Å². The molecule has 1 aromatic heterocycles. The van der Waals surface area contributed by atoms with Crippen molar-refractivity contribution in [1.29, 1.82) is 0 Å². The van der Waals surface area contributed by atoms with Crippen LogP contribution >= 0.6 is 0 Å². The van der Waals surface area contributed by atoms with Crippen molar-refractivity contribution in [3.05, 3.63) is 72.1 Å². The number of rotatable bonds is 4. The van der Waals surface area contributed by atoms with E-state index >= 15 is 0 Å². The molecule has 2 heterocycles. The zero-order chi connectivity index (χ0) is 20.4. The van der Waals surface area contributed by atoms with Gasteiger partial charge in [-0.1, -0.05) is 24.3 Å². The molecule has 1 unspecified atom stereocenters. The molecular formula is C22H21N5O2. The van der Waals surface area contributed by atoms with Crippen molar-refractivity contribution in [2.75, 3.05) is 15.5 Å². The van der Waals surface area contributed by atoms with E-state index in [1.807, 2.05) is 43.3 Å². The van der Waals surface area contributed by atoms with Gasteiger partial charge in [0.2, 0.25) is 11.9 Å². The van der Waals surface area contributed by atoms with E-state index in [2.05, 4.69) is 20.6 Å². The Morgan fingerprint density at radius 3 is 2.69 bits per heavy atom. The minimum Gasteiger partial charge on any atom is -0.326 e. The largest absolute Gasteiger partial charge is 0.326 e. The molecule has 7 nitrogen and oxygen atoms in total. The fraction of sp³-hybridized carbons (Fsp3) is 0.182. The standard InChI is InChI=1S/C22H21N5O2/c1-14-12-16-6-3-4-9-20(16)27(14)21(29)19-10-11-23-22(26-19)25-18-8-5-7-17(13-18)24-15(2)28/h3-11,13-14H,12H2,1-2H3,(H,24,28)(H,23,25,26). The molecule has 0 fully saturated rings. The lowest BCUT2D eigenvalue weighted by atomic mass is 10.1. The molecule has 4 rings (SSSR count). The quantitative estimate of drug-likeness (QED) is 0.712. The second kappa shape index (κ2) is 7.71. The van der Waals surface area contributed by atoms with Gasteiger partial charge in [-0.2, -0.15) is 0 Å². The number of carbonyl (C=O) groups is 2. The molecular weight excluding hydrogens is 366 g/mol. The van der Waals surface area contributed by atoms with Gasteiger partial charge in [-0.3, -0.25) is 9.59 Å². The number of fused-ring (bicyclic) bond motifs is 1. The number of hydrogen-bond acceptors (Lipinski definition) is 5. The van der Waals surface area contributed by atoms with Crippen molar-refractivity contribution in [3.8, 4) is 0 Å². The number of para-hydroxylation sites is 1. The molecule has 3 aromatic rings. The molecule has 2 aromatic carbocycles. The van der Waals surface area contributed by atoms with Gasteiger partial charge in [0, 0.05) is 36.2 Å². The Balaban J connectivity index is 1.57. The van der Waals surface area contributed by atoms with E-state index in [9.17, 15) is 9.59 Å². The number of anilines is 4. The molecule has 2 amide bonds. The summed E-state index contributed by atoms with van der Waals surface area (Å²) in [5, 5.41) is 5.82. The molecule has 0 saturated carbocycles. The highest BCUT2D eigenvalue weighted by Gasteiger charge is 2.31. The molecule has 0 aliphatic carbocycles. The molecule has 7 heteroatoms. The highest BCUT2D eigenvalue weighted by atomic mass is 16.2. The summed E-state index contributed by atoms with van der Waals surface area (Å²) >= 11 is 0. The summed E-state index contributed by atoms with van der Waals surface area (Å²) in [5.74, 6) is 0.0156. The number of nitrogens with one attached hydrogen (secondary N) is 2. The highest BCUT2D eigenvalue weighted by Crippen LogP contribution is 2.32. The van der Waals surface area contributed by atoms with Crippen LogP contribution in [0.2, 0.25) is 0 Å². The van der Waals surface area contributed by atoms with Gasteiger partial charge >= 0.3 is 0 Å². The summed E-state index contributed by atoms with van der Waals surface area (Å²) in [6.07, 6.45) is 2.39. The molecule has 1 aliphatic heterocycles. The molecule has 0 radical (unpaired) electrons. The molecule has 1 aliphatic rings. The number of amides is 2. The van der Waals surface area contributed by atoms with Crippen molar-refractivity contribution in [2.45, 2.75) is 26.3 Å². The lowest BCUT2D eigenvalue weighted by molar-refractivity contribution is -0.114. The van der Waals surface area contributed by atoms with E-state index in [-0.39, 0.29) is 17.9 Å². The molecule has 0 spiro atoms. The summed E-state index contributed by atoms with van der Waals surface area (Å²) in [7, 11) is 0. The minimum atomic E-state index is -0.153. The van der Waals surface area contributed by atoms with E-state index in [4.69, 9.17) is 0 Å². The third-order valence-corrected chi connectivity index (χ3v) is 4.74. The topological polar surface area (TPSA) is 87.2 Å². The summed E-state index contributed by atoms with van der Waals surface area (Å²) in [6.45, 7) is 3.49. The average molecular weight is 387 g/mol. The second-order valence-corrected chi connectivity index (χ2v) is 7.01. The van der Waals surface area contributed by atoms with Crippen LogP contribution in [-0.2, 0) is 11.2 Å². The average Bonchev–Trinajstić information content (AvgIpc) is 3.03. The Bertz CT molecular complexity index is 1080. The number of nitrogens with zero attached hydrogens (tertiary/aromatic N) is 3. The van der Waals surface area contributed by atoms with Crippen molar-refractivity contribution >= 4 is 34.8 Å². The fourth-order valence-corrected chi connectivity index (χ4v) is 3.54. The first-order valence-electron chi connectivity index (χ1n) is 9.40. The van der Waals surface area contributed by atoms with E-state index in [0.717, 1.165) is 17.7 Å². The van der Waals surface area contributed by atoms with Gasteiger partial charge in [0.1, 0.15) is 5.69 Å². The Labute approximate surface area is 168 Å². The zero-order valence-corrected chi connectivity index (χ0v) is 16.2. The summed E-state index contributed by atoms with van der Waals surface area (Å²) in [6, 6.07) is 16.8. The van der Waals surface area contributed by atoms with Crippen LogP contribution in [0.1, 0.15) is 29.9 Å². The van der Waals surface area contributed by atoms with Crippen molar-refractivity contribution in [1.82, 2.24) is 9.97 Å². The van der Waals surface area contributed by atoms with Gasteiger partial charge in [-0.15, -0.1) is 0 Å². The van der Waals surface area contributed by atoms with Crippen LogP contribution in [-0.4, -0.2) is 27.8 Å². The Hall–Kier alpha value is -3.74. The molecule has 29 heavy (non-hydrogen) atoms. The number of aromatic nitrogens is 2. The lowest BCUT2D eigenvalue weighted by Gasteiger charge is -2.22. The number of hydrogen-bond donors (Lipinski definition) is 2. The SMILES string of the molecule is CC(=O)Nc1cccc(Nc2nccc(C(=O)N3c4ccccc4CC3C)n2)c1. The third kappa shape index (κ3) is 3.94. The Kier molecular flexibility index (Phi) is 4.95. The van der Waals surface area contributed by atoms with Gasteiger partial charge in [0.25, 0.3) is 5.91 Å². The van der Waals surface area contributed by atoms with Crippen molar-refractivity contribution in [3.63, 3.8) is 0 Å². The number of carbonyl (C=O) groups excluding carboxylic acids is 2. The van der Waals surface area contributed by atoms with E-state index < -0.39 is 0 Å². The molecule has 2 N–H and O–H groups in total. The summed E-state index contributed by atoms with van der Waals surface area (Å²) < 4.78 is 0. The monoisotopic (exact) mass is 387 g/mol. The maximum Gasteiger partial charge on any atom is 0.277 e. The van der Waals surface area contributed by atoms with Gasteiger partial charge < -0.3 is 15.5 Å². The van der Waals surface area contributed by atoms with Gasteiger partial charge in [-0.25, -0.2) is 9.97 Å². The van der Waals surface area contributed by atoms with Gasteiger partial charge in [-0.05, 0) is 49.2 Å². The first kappa shape index (κ1) is 18.6. The smallest absolute Gasteiger partial charge is 0.277 e. The Morgan fingerprint density at radius 1 is 1.07 bits per heavy atom. The maximum absolute atomic E-state index is 13.2. The molecule has 1 atom stereocenters. The Morgan fingerprint density at radius 2 is 1.86 bits per heavy atom.